The second kappa shape index (κ2) is 11.5. The molecule has 0 radical (unpaired) electrons. The molecule has 0 saturated carbocycles. The molecule has 4 heteroatoms. The van der Waals surface area contributed by atoms with Crippen molar-refractivity contribution in [1.82, 2.24) is 4.90 Å². The number of benzene rings is 4. The molecule has 0 aliphatic heterocycles. The van der Waals surface area contributed by atoms with E-state index in [0.29, 0.717) is 18.1 Å². The highest BCUT2D eigenvalue weighted by atomic mass is 35.5. The zero-order valence-electron chi connectivity index (χ0n) is 19.3. The van der Waals surface area contributed by atoms with Crippen LogP contribution in [-0.4, -0.2) is 17.5 Å². The number of urea groups is 1. The molecule has 0 aliphatic rings. The summed E-state index contributed by atoms with van der Waals surface area (Å²) in [6, 6.07) is 36.4. The maximum Gasteiger partial charge on any atom is 0.322 e. The van der Waals surface area contributed by atoms with Gasteiger partial charge in [0.25, 0.3) is 0 Å². The number of carbonyl (C=O) groups is 1. The molecule has 34 heavy (non-hydrogen) atoms. The highest BCUT2D eigenvalue weighted by Gasteiger charge is 2.20. The van der Waals surface area contributed by atoms with Crippen molar-refractivity contribution in [2.45, 2.75) is 25.8 Å². The lowest BCUT2D eigenvalue weighted by Gasteiger charge is -2.27. The summed E-state index contributed by atoms with van der Waals surface area (Å²) in [5.74, 6) is 0.183. The van der Waals surface area contributed by atoms with Crippen LogP contribution in [0.4, 0.5) is 10.5 Å². The van der Waals surface area contributed by atoms with E-state index in [4.69, 9.17) is 11.6 Å². The third-order valence-corrected chi connectivity index (χ3v) is 6.45. The second-order valence-corrected chi connectivity index (χ2v) is 8.83. The zero-order valence-corrected chi connectivity index (χ0v) is 20.1. The lowest BCUT2D eigenvalue weighted by molar-refractivity contribution is 0.207. The largest absolute Gasteiger partial charge is 0.322 e. The Kier molecular flexibility index (Phi) is 8.00. The molecule has 4 aromatic carbocycles. The molecule has 0 fully saturated rings. The monoisotopic (exact) mass is 468 g/mol. The van der Waals surface area contributed by atoms with Gasteiger partial charge in [0.05, 0.1) is 0 Å². The maximum absolute atomic E-state index is 13.4. The van der Waals surface area contributed by atoms with Crippen LogP contribution in [0.1, 0.15) is 34.6 Å². The number of nitrogens with zero attached hydrogens (tertiary/aromatic N) is 1. The Balaban J connectivity index is 1.59. The fourth-order valence-corrected chi connectivity index (χ4v) is 4.37. The molecule has 0 saturated heterocycles. The maximum atomic E-state index is 13.4. The molecule has 0 aliphatic carbocycles. The standard InChI is InChI=1S/C30H29ClN2O/c1-23-12-8-11-19-29(23)32-30(34)33(22-26-17-9-10-18-28(26)31)21-20-27(24-13-4-2-5-14-24)25-15-6-3-7-16-25/h2-19,27H,20-22H2,1H3,(H,32,34). The number of halogens is 1. The molecule has 0 bridgehead atoms. The van der Waals surface area contributed by atoms with Gasteiger partial charge in [-0.25, -0.2) is 4.79 Å². The minimum absolute atomic E-state index is 0.130. The molecule has 0 heterocycles. The number of carbonyl (C=O) groups excluding carboxylic acids is 1. The smallest absolute Gasteiger partial charge is 0.320 e. The predicted molar refractivity (Wildman–Crippen MR) is 141 cm³/mol. The van der Waals surface area contributed by atoms with Crippen molar-refractivity contribution in [3.8, 4) is 0 Å². The first-order valence-electron chi connectivity index (χ1n) is 11.6. The molecular formula is C30H29ClN2O. The summed E-state index contributed by atoms with van der Waals surface area (Å²) in [4.78, 5) is 15.3. The molecule has 0 unspecified atom stereocenters. The van der Waals surface area contributed by atoms with Crippen LogP contribution in [0.3, 0.4) is 0 Å². The van der Waals surface area contributed by atoms with Gasteiger partial charge in [0.15, 0.2) is 0 Å². The number of hydrogen-bond donors (Lipinski definition) is 1. The van der Waals surface area contributed by atoms with Gasteiger partial charge in [-0.05, 0) is 47.7 Å². The van der Waals surface area contributed by atoms with Gasteiger partial charge in [-0.3, -0.25) is 0 Å². The van der Waals surface area contributed by atoms with E-state index >= 15 is 0 Å². The van der Waals surface area contributed by atoms with Gasteiger partial charge in [-0.15, -0.1) is 0 Å². The van der Waals surface area contributed by atoms with Crippen LogP contribution < -0.4 is 5.32 Å². The molecule has 2 amide bonds. The second-order valence-electron chi connectivity index (χ2n) is 8.42. The van der Waals surface area contributed by atoms with Gasteiger partial charge in [0.1, 0.15) is 0 Å². The van der Waals surface area contributed by atoms with E-state index in [9.17, 15) is 4.79 Å². The Hall–Kier alpha value is -3.56. The third-order valence-electron chi connectivity index (χ3n) is 6.08. The van der Waals surface area contributed by atoms with Crippen molar-refractivity contribution in [2.75, 3.05) is 11.9 Å². The molecule has 172 valence electrons. The van der Waals surface area contributed by atoms with Crippen LogP contribution in [0.5, 0.6) is 0 Å². The van der Waals surface area contributed by atoms with E-state index in [1.54, 1.807) is 0 Å². The molecular weight excluding hydrogens is 440 g/mol. The van der Waals surface area contributed by atoms with E-state index in [1.807, 2.05) is 72.5 Å². The van der Waals surface area contributed by atoms with E-state index in [0.717, 1.165) is 23.2 Å². The van der Waals surface area contributed by atoms with Crippen molar-refractivity contribution in [3.63, 3.8) is 0 Å². The quantitative estimate of drug-likeness (QED) is 0.280. The van der Waals surface area contributed by atoms with Crippen molar-refractivity contribution >= 4 is 23.3 Å². The van der Waals surface area contributed by atoms with E-state index < -0.39 is 0 Å². The predicted octanol–water partition coefficient (Wildman–Crippen LogP) is 7.90. The summed E-state index contributed by atoms with van der Waals surface area (Å²) in [7, 11) is 0. The number of hydrogen-bond acceptors (Lipinski definition) is 1. The van der Waals surface area contributed by atoms with Crippen LogP contribution in [0.15, 0.2) is 109 Å². The van der Waals surface area contributed by atoms with Crippen molar-refractivity contribution < 1.29 is 4.79 Å². The molecule has 3 nitrogen and oxygen atoms in total. The first-order valence-corrected chi connectivity index (χ1v) is 11.9. The number of anilines is 1. The lowest BCUT2D eigenvalue weighted by atomic mass is 9.88. The minimum Gasteiger partial charge on any atom is -0.320 e. The van der Waals surface area contributed by atoms with E-state index in [-0.39, 0.29) is 11.9 Å². The van der Waals surface area contributed by atoms with Crippen LogP contribution in [0, 0.1) is 6.92 Å². The molecule has 0 atom stereocenters. The molecule has 0 spiro atoms. The summed E-state index contributed by atoms with van der Waals surface area (Å²) < 4.78 is 0. The SMILES string of the molecule is Cc1ccccc1NC(=O)N(CCC(c1ccccc1)c1ccccc1)Cc1ccccc1Cl. The zero-order chi connectivity index (χ0) is 23.8. The van der Waals surface area contributed by atoms with Crippen LogP contribution in [0.25, 0.3) is 0 Å². The molecule has 1 N–H and O–H groups in total. The summed E-state index contributed by atoms with van der Waals surface area (Å²) in [6.45, 7) is 3.01. The average Bonchev–Trinajstić information content (AvgIpc) is 2.87. The van der Waals surface area contributed by atoms with Crippen molar-refractivity contribution in [2.24, 2.45) is 0 Å². The van der Waals surface area contributed by atoms with Crippen molar-refractivity contribution in [1.29, 1.82) is 0 Å². The summed E-state index contributed by atoms with van der Waals surface area (Å²) in [5.41, 5.74) is 5.26. The number of nitrogens with one attached hydrogen (secondary N) is 1. The Morgan fingerprint density at radius 3 is 1.97 bits per heavy atom. The summed E-state index contributed by atoms with van der Waals surface area (Å²) in [5, 5.41) is 3.76. The first kappa shape index (κ1) is 23.6. The van der Waals surface area contributed by atoms with Gasteiger partial charge < -0.3 is 10.2 Å². The number of rotatable bonds is 8. The van der Waals surface area contributed by atoms with Crippen LogP contribution in [0.2, 0.25) is 5.02 Å². The minimum atomic E-state index is -0.130. The Bertz CT molecular complexity index is 1170. The number of aryl methyl sites for hydroxylation is 1. The molecule has 4 aromatic rings. The topological polar surface area (TPSA) is 32.3 Å². The number of amides is 2. The first-order chi connectivity index (χ1) is 16.6. The van der Waals surface area contributed by atoms with Crippen LogP contribution >= 0.6 is 11.6 Å². The van der Waals surface area contributed by atoms with E-state index in [2.05, 4.69) is 53.8 Å². The molecule has 0 aromatic heterocycles. The molecule has 4 rings (SSSR count). The van der Waals surface area contributed by atoms with Crippen molar-refractivity contribution in [3.05, 3.63) is 136 Å². The van der Waals surface area contributed by atoms with E-state index in [1.165, 1.54) is 11.1 Å². The van der Waals surface area contributed by atoms with Gasteiger partial charge >= 0.3 is 6.03 Å². The Labute approximate surface area is 207 Å². The average molecular weight is 469 g/mol. The van der Waals surface area contributed by atoms with Gasteiger partial charge in [0, 0.05) is 29.7 Å². The van der Waals surface area contributed by atoms with Gasteiger partial charge in [0.2, 0.25) is 0 Å². The highest BCUT2D eigenvalue weighted by molar-refractivity contribution is 6.31. The Morgan fingerprint density at radius 1 is 0.794 bits per heavy atom. The number of para-hydroxylation sites is 1. The third kappa shape index (κ3) is 6.06. The fraction of sp³-hybridized carbons (Fsp3) is 0.167. The fourth-order valence-electron chi connectivity index (χ4n) is 4.17. The van der Waals surface area contributed by atoms with Crippen LogP contribution in [-0.2, 0) is 6.54 Å². The van der Waals surface area contributed by atoms with Gasteiger partial charge in [-0.2, -0.15) is 0 Å². The Morgan fingerprint density at radius 2 is 1.35 bits per heavy atom. The summed E-state index contributed by atoms with van der Waals surface area (Å²) >= 11 is 6.45. The normalized spacial score (nSPS) is 10.8. The van der Waals surface area contributed by atoms with Gasteiger partial charge in [-0.1, -0.05) is 109 Å². The lowest BCUT2D eigenvalue weighted by Crippen LogP contribution is -2.36. The highest BCUT2D eigenvalue weighted by Crippen LogP contribution is 2.29. The summed E-state index contributed by atoms with van der Waals surface area (Å²) in [6.07, 6.45) is 0.791.